The molecule has 0 N–H and O–H groups in total. The van der Waals surface area contributed by atoms with Gasteiger partial charge in [0.25, 0.3) is 0 Å². The molecule has 106 valence electrons. The van der Waals surface area contributed by atoms with Crippen molar-refractivity contribution in [2.75, 3.05) is 18.0 Å². The summed E-state index contributed by atoms with van der Waals surface area (Å²) in [7, 11) is 0. The smallest absolute Gasteiger partial charge is 0.131 e. The van der Waals surface area contributed by atoms with E-state index in [4.69, 9.17) is 16.3 Å². The Morgan fingerprint density at radius 2 is 2.00 bits per heavy atom. The number of anilines is 1. The van der Waals surface area contributed by atoms with Gasteiger partial charge < -0.3 is 9.64 Å². The fourth-order valence-electron chi connectivity index (χ4n) is 2.44. The van der Waals surface area contributed by atoms with Crippen LogP contribution in [0.2, 0.25) is 0 Å². The van der Waals surface area contributed by atoms with Crippen LogP contribution >= 0.6 is 11.6 Å². The molecule has 0 radical (unpaired) electrons. The Balaban J connectivity index is 2.28. The Kier molecular flexibility index (Phi) is 4.63. The van der Waals surface area contributed by atoms with Gasteiger partial charge in [-0.1, -0.05) is 13.8 Å². The van der Waals surface area contributed by atoms with Gasteiger partial charge in [-0.2, -0.15) is 0 Å². The highest BCUT2D eigenvalue weighted by molar-refractivity contribution is 6.17. The Hall–Kier alpha value is -0.870. The van der Waals surface area contributed by atoms with E-state index in [1.165, 1.54) is 0 Å². The third-order valence-electron chi connectivity index (χ3n) is 3.27. The van der Waals surface area contributed by atoms with E-state index in [9.17, 15) is 0 Å². The summed E-state index contributed by atoms with van der Waals surface area (Å²) in [4.78, 5) is 11.3. The van der Waals surface area contributed by atoms with Crippen molar-refractivity contribution in [3.05, 3.63) is 17.7 Å². The minimum absolute atomic E-state index is 0.219. The second-order valence-electron chi connectivity index (χ2n) is 5.51. The van der Waals surface area contributed by atoms with E-state index in [1.54, 1.807) is 0 Å². The number of halogens is 1. The highest BCUT2D eigenvalue weighted by Gasteiger charge is 2.24. The maximum Gasteiger partial charge on any atom is 0.131 e. The summed E-state index contributed by atoms with van der Waals surface area (Å²) in [5.74, 6) is 1.59. The number of nitrogens with zero attached hydrogens (tertiary/aromatic N) is 3. The number of hydrogen-bond donors (Lipinski definition) is 0. The van der Waals surface area contributed by atoms with Gasteiger partial charge in [0.05, 0.1) is 35.7 Å². The summed E-state index contributed by atoms with van der Waals surface area (Å²) in [6.07, 6.45) is 2.35. The molecule has 2 atom stereocenters. The van der Waals surface area contributed by atoms with Crippen molar-refractivity contribution in [2.24, 2.45) is 0 Å². The average molecular weight is 284 g/mol. The molecule has 1 aromatic rings. The predicted molar refractivity (Wildman–Crippen MR) is 77.9 cm³/mol. The summed E-state index contributed by atoms with van der Waals surface area (Å²) in [5, 5.41) is 0. The molecule has 19 heavy (non-hydrogen) atoms. The van der Waals surface area contributed by atoms with Crippen LogP contribution < -0.4 is 4.90 Å². The Labute approximate surface area is 120 Å². The molecule has 4 nitrogen and oxygen atoms in total. The molecule has 5 heteroatoms. The van der Waals surface area contributed by atoms with Crippen molar-refractivity contribution in [1.82, 2.24) is 9.97 Å². The van der Waals surface area contributed by atoms with E-state index in [2.05, 4.69) is 42.6 Å². The van der Waals surface area contributed by atoms with Crippen molar-refractivity contribution in [3.63, 3.8) is 0 Å². The number of morpholine rings is 1. The van der Waals surface area contributed by atoms with Crippen LogP contribution in [-0.2, 0) is 10.6 Å². The molecule has 0 amide bonds. The molecule has 2 unspecified atom stereocenters. The summed E-state index contributed by atoms with van der Waals surface area (Å²) >= 11 is 6.05. The maximum absolute atomic E-state index is 6.05. The van der Waals surface area contributed by atoms with Gasteiger partial charge in [-0.05, 0) is 13.8 Å². The highest BCUT2D eigenvalue weighted by atomic mass is 35.5. The average Bonchev–Trinajstić information content (AvgIpc) is 2.36. The van der Waals surface area contributed by atoms with Crippen LogP contribution in [0, 0.1) is 0 Å². The van der Waals surface area contributed by atoms with E-state index in [-0.39, 0.29) is 12.2 Å². The normalized spacial score (nSPS) is 24.0. The number of aromatic nitrogens is 2. The Morgan fingerprint density at radius 3 is 2.53 bits per heavy atom. The molecule has 0 bridgehead atoms. The second kappa shape index (κ2) is 6.06. The van der Waals surface area contributed by atoms with Crippen LogP contribution in [0.25, 0.3) is 0 Å². The molecule has 1 aliphatic rings. The van der Waals surface area contributed by atoms with Gasteiger partial charge in [0.2, 0.25) is 0 Å². The van der Waals surface area contributed by atoms with E-state index >= 15 is 0 Å². The highest BCUT2D eigenvalue weighted by Crippen LogP contribution is 2.25. The molecule has 1 saturated heterocycles. The lowest BCUT2D eigenvalue weighted by Crippen LogP contribution is -2.46. The first-order valence-electron chi connectivity index (χ1n) is 6.83. The van der Waals surface area contributed by atoms with E-state index in [0.29, 0.717) is 11.8 Å². The number of ether oxygens (including phenoxy) is 1. The molecule has 2 heterocycles. The van der Waals surface area contributed by atoms with Crippen LogP contribution in [0.3, 0.4) is 0 Å². The lowest BCUT2D eigenvalue weighted by atomic mass is 10.2. The van der Waals surface area contributed by atoms with E-state index < -0.39 is 0 Å². The van der Waals surface area contributed by atoms with Crippen molar-refractivity contribution in [1.29, 1.82) is 0 Å². The number of alkyl halides is 1. The first kappa shape index (κ1) is 14.5. The third kappa shape index (κ3) is 3.37. The first-order chi connectivity index (χ1) is 9.01. The van der Waals surface area contributed by atoms with Gasteiger partial charge in [-0.3, -0.25) is 0 Å². The fraction of sp³-hybridized carbons (Fsp3) is 0.714. The van der Waals surface area contributed by atoms with Crippen LogP contribution in [-0.4, -0.2) is 35.3 Å². The van der Waals surface area contributed by atoms with Crippen molar-refractivity contribution < 1.29 is 4.74 Å². The zero-order valence-electron chi connectivity index (χ0n) is 12.1. The maximum atomic E-state index is 6.05. The summed E-state index contributed by atoms with van der Waals surface area (Å²) in [6.45, 7) is 10.1. The minimum atomic E-state index is 0.219. The SMILES string of the molecule is CC1CN(c2cnc(C(C)C)nc2CCl)CC(C)O1. The number of rotatable bonds is 3. The van der Waals surface area contributed by atoms with Gasteiger partial charge in [0.15, 0.2) is 0 Å². The van der Waals surface area contributed by atoms with Crippen LogP contribution in [0.1, 0.15) is 45.1 Å². The second-order valence-corrected chi connectivity index (χ2v) is 5.78. The van der Waals surface area contributed by atoms with Gasteiger partial charge in [0.1, 0.15) is 5.82 Å². The quantitative estimate of drug-likeness (QED) is 0.800. The summed E-state index contributed by atoms with van der Waals surface area (Å²) < 4.78 is 5.76. The van der Waals surface area contributed by atoms with Gasteiger partial charge in [0, 0.05) is 19.0 Å². The van der Waals surface area contributed by atoms with Crippen molar-refractivity contribution in [3.8, 4) is 0 Å². The molecule has 0 saturated carbocycles. The molecule has 1 fully saturated rings. The zero-order valence-corrected chi connectivity index (χ0v) is 12.8. The fourth-order valence-corrected chi connectivity index (χ4v) is 2.64. The van der Waals surface area contributed by atoms with Crippen molar-refractivity contribution >= 4 is 17.3 Å². The largest absolute Gasteiger partial charge is 0.372 e. The monoisotopic (exact) mass is 283 g/mol. The predicted octanol–water partition coefficient (Wildman–Crippen LogP) is 2.95. The molecular weight excluding hydrogens is 262 g/mol. The molecule has 2 rings (SSSR count). The summed E-state index contributed by atoms with van der Waals surface area (Å²) in [6, 6.07) is 0. The third-order valence-corrected chi connectivity index (χ3v) is 3.52. The molecule has 0 spiro atoms. The zero-order chi connectivity index (χ0) is 14.0. The number of hydrogen-bond acceptors (Lipinski definition) is 4. The van der Waals surface area contributed by atoms with E-state index in [0.717, 1.165) is 30.3 Å². The molecule has 0 aliphatic carbocycles. The minimum Gasteiger partial charge on any atom is -0.372 e. The lowest BCUT2D eigenvalue weighted by Gasteiger charge is -2.37. The summed E-state index contributed by atoms with van der Waals surface area (Å²) in [5.41, 5.74) is 1.96. The van der Waals surface area contributed by atoms with Gasteiger partial charge in [-0.25, -0.2) is 9.97 Å². The Bertz CT molecular complexity index is 429. The topological polar surface area (TPSA) is 38.2 Å². The molecule has 1 aromatic heterocycles. The molecule has 0 aromatic carbocycles. The Morgan fingerprint density at radius 1 is 1.37 bits per heavy atom. The van der Waals surface area contributed by atoms with E-state index in [1.807, 2.05) is 6.20 Å². The first-order valence-corrected chi connectivity index (χ1v) is 7.37. The van der Waals surface area contributed by atoms with Crippen LogP contribution in [0.4, 0.5) is 5.69 Å². The van der Waals surface area contributed by atoms with Crippen LogP contribution in [0.5, 0.6) is 0 Å². The van der Waals surface area contributed by atoms with Crippen molar-refractivity contribution in [2.45, 2.75) is 51.7 Å². The molecule has 1 aliphatic heterocycles. The lowest BCUT2D eigenvalue weighted by molar-refractivity contribution is -0.00529. The standard InChI is InChI=1S/C14H22ClN3O/c1-9(2)14-16-6-13(12(5-15)17-14)18-7-10(3)19-11(4)8-18/h6,9-11H,5,7-8H2,1-4H3. The van der Waals surface area contributed by atoms with Gasteiger partial charge in [-0.15, -0.1) is 11.6 Å². The molecular formula is C14H22ClN3O. The van der Waals surface area contributed by atoms with Gasteiger partial charge >= 0.3 is 0 Å². The van der Waals surface area contributed by atoms with Crippen LogP contribution in [0.15, 0.2) is 6.20 Å².